The Balaban J connectivity index is 1.94. The van der Waals surface area contributed by atoms with E-state index >= 15 is 0 Å². The van der Waals surface area contributed by atoms with E-state index in [-0.39, 0.29) is 5.41 Å². The van der Waals surface area contributed by atoms with Crippen LogP contribution in [0.3, 0.4) is 0 Å². The van der Waals surface area contributed by atoms with Crippen LogP contribution in [0.5, 0.6) is 0 Å². The van der Waals surface area contributed by atoms with Crippen molar-refractivity contribution in [1.82, 2.24) is 4.90 Å². The number of nitrogens with zero attached hydrogens (tertiary/aromatic N) is 1. The van der Waals surface area contributed by atoms with Gasteiger partial charge in [0.25, 0.3) is 0 Å². The molecule has 3 nitrogen and oxygen atoms in total. The van der Waals surface area contributed by atoms with E-state index in [1.165, 1.54) is 38.6 Å². The van der Waals surface area contributed by atoms with Gasteiger partial charge in [-0.25, -0.2) is 0 Å². The Kier molecular flexibility index (Phi) is 3.53. The minimum Gasteiger partial charge on any atom is -0.481 e. The van der Waals surface area contributed by atoms with Crippen molar-refractivity contribution in [1.29, 1.82) is 0 Å². The summed E-state index contributed by atoms with van der Waals surface area (Å²) in [7, 11) is 0. The smallest absolute Gasteiger partial charge is 0.303 e. The normalized spacial score (nSPS) is 33.1. The Morgan fingerprint density at radius 3 is 2.69 bits per heavy atom. The highest BCUT2D eigenvalue weighted by Gasteiger charge is 2.36. The molecule has 0 aromatic carbocycles. The third kappa shape index (κ3) is 2.76. The standard InChI is InChI=1S/C13H23NO2/c1-13(9-12(15)16)7-4-8-14(10-13)11-5-2-3-6-11/h11H,2-10H2,1H3,(H,15,16). The van der Waals surface area contributed by atoms with Gasteiger partial charge in [0, 0.05) is 12.6 Å². The quantitative estimate of drug-likeness (QED) is 0.802. The van der Waals surface area contributed by atoms with Crippen molar-refractivity contribution in [2.45, 2.75) is 57.9 Å². The van der Waals surface area contributed by atoms with Gasteiger partial charge in [0.15, 0.2) is 0 Å². The summed E-state index contributed by atoms with van der Waals surface area (Å²) in [6, 6.07) is 0.744. The monoisotopic (exact) mass is 225 g/mol. The number of rotatable bonds is 3. The van der Waals surface area contributed by atoms with E-state index in [0.29, 0.717) is 6.42 Å². The number of hydrogen-bond donors (Lipinski definition) is 1. The number of likely N-dealkylation sites (tertiary alicyclic amines) is 1. The van der Waals surface area contributed by atoms with E-state index in [4.69, 9.17) is 5.11 Å². The Morgan fingerprint density at radius 2 is 2.06 bits per heavy atom. The van der Waals surface area contributed by atoms with Crippen LogP contribution in [0, 0.1) is 5.41 Å². The lowest BCUT2D eigenvalue weighted by atomic mass is 9.78. The Bertz CT molecular complexity index is 261. The molecule has 0 bridgehead atoms. The second-order valence-electron chi connectivity index (χ2n) is 5.89. The third-order valence-electron chi connectivity index (χ3n) is 4.23. The van der Waals surface area contributed by atoms with Gasteiger partial charge >= 0.3 is 5.97 Å². The highest BCUT2D eigenvalue weighted by molar-refractivity contribution is 5.67. The number of carbonyl (C=O) groups is 1. The van der Waals surface area contributed by atoms with Crippen LogP contribution >= 0.6 is 0 Å². The van der Waals surface area contributed by atoms with Gasteiger partial charge in [-0.05, 0) is 37.6 Å². The molecule has 1 N–H and O–H groups in total. The van der Waals surface area contributed by atoms with Crippen LogP contribution in [0.15, 0.2) is 0 Å². The summed E-state index contributed by atoms with van der Waals surface area (Å²) in [5.74, 6) is -0.643. The lowest BCUT2D eigenvalue weighted by molar-refractivity contribution is -0.140. The maximum Gasteiger partial charge on any atom is 0.303 e. The highest BCUT2D eigenvalue weighted by Crippen LogP contribution is 2.36. The van der Waals surface area contributed by atoms with Crippen molar-refractivity contribution in [2.75, 3.05) is 13.1 Å². The molecule has 1 unspecified atom stereocenters. The van der Waals surface area contributed by atoms with Gasteiger partial charge in [0.2, 0.25) is 0 Å². The lowest BCUT2D eigenvalue weighted by Gasteiger charge is -2.42. The van der Waals surface area contributed by atoms with Crippen molar-refractivity contribution in [3.63, 3.8) is 0 Å². The van der Waals surface area contributed by atoms with Crippen molar-refractivity contribution in [3.8, 4) is 0 Å². The number of carboxylic acid groups (broad SMARTS) is 1. The molecule has 16 heavy (non-hydrogen) atoms. The number of aliphatic carboxylic acids is 1. The molecule has 2 rings (SSSR count). The van der Waals surface area contributed by atoms with Crippen molar-refractivity contribution >= 4 is 5.97 Å². The minimum absolute atomic E-state index is 0.00662. The molecule has 0 spiro atoms. The van der Waals surface area contributed by atoms with Crippen molar-refractivity contribution in [3.05, 3.63) is 0 Å². The zero-order valence-corrected chi connectivity index (χ0v) is 10.2. The summed E-state index contributed by atoms with van der Waals surface area (Å²) in [6.07, 6.45) is 7.93. The summed E-state index contributed by atoms with van der Waals surface area (Å²) in [6.45, 7) is 4.31. The summed E-state index contributed by atoms with van der Waals surface area (Å²) in [5.41, 5.74) is 0.00662. The fourth-order valence-electron chi connectivity index (χ4n) is 3.45. The van der Waals surface area contributed by atoms with Gasteiger partial charge in [0.05, 0.1) is 6.42 Å². The first-order valence-corrected chi connectivity index (χ1v) is 6.55. The summed E-state index contributed by atoms with van der Waals surface area (Å²) in [5, 5.41) is 8.96. The predicted octanol–water partition coefficient (Wildman–Crippen LogP) is 2.51. The fourth-order valence-corrected chi connectivity index (χ4v) is 3.45. The van der Waals surface area contributed by atoms with E-state index in [1.54, 1.807) is 0 Å². The highest BCUT2D eigenvalue weighted by atomic mass is 16.4. The molecule has 3 heteroatoms. The molecule has 1 saturated heterocycles. The van der Waals surface area contributed by atoms with Crippen LogP contribution in [0.2, 0.25) is 0 Å². The first-order chi connectivity index (χ1) is 7.59. The molecular formula is C13H23NO2. The molecule has 2 aliphatic rings. The second kappa shape index (κ2) is 4.74. The van der Waals surface area contributed by atoms with E-state index in [0.717, 1.165) is 19.0 Å². The molecule has 2 fully saturated rings. The van der Waals surface area contributed by atoms with E-state index in [9.17, 15) is 4.79 Å². The zero-order valence-electron chi connectivity index (χ0n) is 10.2. The van der Waals surface area contributed by atoms with Crippen LogP contribution in [0.1, 0.15) is 51.9 Å². The molecule has 1 atom stereocenters. The Labute approximate surface area is 97.8 Å². The van der Waals surface area contributed by atoms with Crippen LogP contribution in [-0.4, -0.2) is 35.1 Å². The molecular weight excluding hydrogens is 202 g/mol. The SMILES string of the molecule is CC1(CC(=O)O)CCCN(C2CCCC2)C1. The molecule has 0 aromatic heterocycles. The fraction of sp³-hybridized carbons (Fsp3) is 0.923. The number of hydrogen-bond acceptors (Lipinski definition) is 2. The average molecular weight is 225 g/mol. The Hall–Kier alpha value is -0.570. The van der Waals surface area contributed by atoms with Crippen LogP contribution < -0.4 is 0 Å². The van der Waals surface area contributed by atoms with Crippen LogP contribution in [-0.2, 0) is 4.79 Å². The average Bonchev–Trinajstić information content (AvgIpc) is 2.68. The van der Waals surface area contributed by atoms with Gasteiger partial charge in [-0.1, -0.05) is 19.8 Å². The molecule has 92 valence electrons. The molecule has 1 heterocycles. The topological polar surface area (TPSA) is 40.5 Å². The van der Waals surface area contributed by atoms with Crippen molar-refractivity contribution < 1.29 is 9.90 Å². The summed E-state index contributed by atoms with van der Waals surface area (Å²) < 4.78 is 0. The minimum atomic E-state index is -0.643. The molecule has 1 aliphatic carbocycles. The second-order valence-corrected chi connectivity index (χ2v) is 5.89. The van der Waals surface area contributed by atoms with Gasteiger partial charge in [-0.2, -0.15) is 0 Å². The van der Waals surface area contributed by atoms with E-state index in [1.807, 2.05) is 0 Å². The first kappa shape index (κ1) is 11.9. The molecule has 1 saturated carbocycles. The van der Waals surface area contributed by atoms with E-state index < -0.39 is 5.97 Å². The van der Waals surface area contributed by atoms with Gasteiger partial charge in [-0.15, -0.1) is 0 Å². The van der Waals surface area contributed by atoms with Gasteiger partial charge in [-0.3, -0.25) is 9.69 Å². The van der Waals surface area contributed by atoms with E-state index in [2.05, 4.69) is 11.8 Å². The largest absolute Gasteiger partial charge is 0.481 e. The summed E-state index contributed by atoms with van der Waals surface area (Å²) in [4.78, 5) is 13.4. The maximum atomic E-state index is 10.9. The Morgan fingerprint density at radius 1 is 1.38 bits per heavy atom. The molecule has 1 aliphatic heterocycles. The van der Waals surface area contributed by atoms with Crippen molar-refractivity contribution in [2.24, 2.45) is 5.41 Å². The van der Waals surface area contributed by atoms with Gasteiger partial charge in [0.1, 0.15) is 0 Å². The summed E-state index contributed by atoms with van der Waals surface area (Å²) >= 11 is 0. The zero-order chi connectivity index (χ0) is 11.6. The molecule has 0 amide bonds. The third-order valence-corrected chi connectivity index (χ3v) is 4.23. The first-order valence-electron chi connectivity index (χ1n) is 6.55. The lowest BCUT2D eigenvalue weighted by Crippen LogP contribution is -2.46. The molecule has 0 radical (unpaired) electrons. The number of piperidine rings is 1. The maximum absolute atomic E-state index is 10.9. The van der Waals surface area contributed by atoms with Crippen LogP contribution in [0.25, 0.3) is 0 Å². The number of carboxylic acids is 1. The van der Waals surface area contributed by atoms with Gasteiger partial charge < -0.3 is 5.11 Å². The van der Waals surface area contributed by atoms with Crippen LogP contribution in [0.4, 0.5) is 0 Å². The molecule has 0 aromatic rings. The predicted molar refractivity (Wildman–Crippen MR) is 63.4 cm³/mol.